The molecule has 134 valence electrons. The van der Waals surface area contributed by atoms with E-state index < -0.39 is 49.4 Å². The van der Waals surface area contributed by atoms with Crippen molar-refractivity contribution in [2.45, 2.75) is 80.7 Å². The van der Waals surface area contributed by atoms with E-state index in [1.54, 1.807) is 0 Å². The summed E-state index contributed by atoms with van der Waals surface area (Å²) in [5.74, 6) is -1.92. The van der Waals surface area contributed by atoms with Crippen LogP contribution < -0.4 is 34.7 Å². The average Bonchev–Trinajstić information content (AvgIpc) is 3.19. The van der Waals surface area contributed by atoms with Gasteiger partial charge >= 0.3 is 29.6 Å². The van der Waals surface area contributed by atoms with Crippen molar-refractivity contribution in [1.82, 2.24) is 4.90 Å². The second-order valence-electron chi connectivity index (χ2n) is 8.06. The Balaban J connectivity index is 0.00000182. The first-order valence-electron chi connectivity index (χ1n) is 8.58. The number of carboxylic acid groups (broad SMARTS) is 1. The molecule has 1 unspecified atom stereocenters. The first kappa shape index (κ1) is 19.6. The molecule has 4 rings (SSSR count). The number of β-lactam (4-membered cyclic amide) rings is 1. The van der Waals surface area contributed by atoms with E-state index in [1.165, 1.54) is 20.3 Å². The number of ether oxygens (including phenoxy) is 1. The van der Waals surface area contributed by atoms with Crippen molar-refractivity contribution >= 4 is 21.7 Å². The Hall–Kier alpha value is -0.150. The zero-order chi connectivity index (χ0) is 17.5. The van der Waals surface area contributed by atoms with E-state index in [0.717, 1.165) is 30.6 Å². The topological polar surface area (TPSA) is 104 Å². The van der Waals surface area contributed by atoms with Crippen molar-refractivity contribution in [2.24, 2.45) is 5.41 Å². The Labute approximate surface area is 169 Å². The van der Waals surface area contributed by atoms with Crippen LogP contribution in [-0.2, 0) is 24.2 Å². The Bertz CT molecular complexity index is 716. The van der Waals surface area contributed by atoms with Crippen LogP contribution in [-0.4, -0.2) is 53.6 Å². The standard InChI is InChI=1S/C16H23NO6S.Na/c1-15(2)11(12(18)19)17-13(20)16(14(17)24(15,21)22)8-10(16)23-9-6-4-3-5-7-9;/h9-11,14H,3-8H2,1-2H3,(H,18,19);/q;+1/p-1/t10?,11-,14+,16+;/m0./s1. The predicted octanol–water partition coefficient (Wildman–Crippen LogP) is -3.41. The third-order valence-corrected chi connectivity index (χ3v) is 9.29. The first-order valence-corrected chi connectivity index (χ1v) is 10.1. The number of sulfone groups is 1. The smallest absolute Gasteiger partial charge is 0.548 e. The maximum atomic E-state index is 12.9. The maximum absolute atomic E-state index is 12.9. The molecule has 4 aliphatic rings. The molecule has 0 aromatic rings. The third-order valence-electron chi connectivity index (χ3n) is 6.36. The van der Waals surface area contributed by atoms with E-state index >= 15 is 0 Å². The molecule has 1 amide bonds. The third kappa shape index (κ3) is 2.33. The van der Waals surface area contributed by atoms with Gasteiger partial charge in [-0.1, -0.05) is 19.3 Å². The molecule has 9 heteroatoms. The molecule has 7 nitrogen and oxygen atoms in total. The summed E-state index contributed by atoms with van der Waals surface area (Å²) in [4.78, 5) is 25.1. The van der Waals surface area contributed by atoms with Gasteiger partial charge in [-0.2, -0.15) is 0 Å². The fourth-order valence-corrected chi connectivity index (χ4v) is 7.34. The molecule has 0 aromatic carbocycles. The van der Waals surface area contributed by atoms with E-state index in [4.69, 9.17) is 4.74 Å². The second kappa shape index (κ2) is 5.92. The Kier molecular flexibility index (Phi) is 4.65. The summed E-state index contributed by atoms with van der Waals surface area (Å²) >= 11 is 0. The number of carbonyl (C=O) groups is 2. The Morgan fingerprint density at radius 2 is 1.84 bits per heavy atom. The van der Waals surface area contributed by atoms with Crippen LogP contribution in [0.5, 0.6) is 0 Å². The molecule has 2 saturated carbocycles. The van der Waals surface area contributed by atoms with E-state index in [-0.39, 0.29) is 35.7 Å². The van der Waals surface area contributed by atoms with E-state index in [0.29, 0.717) is 6.42 Å². The second-order valence-corrected chi connectivity index (χ2v) is 10.7. The van der Waals surface area contributed by atoms with Crippen LogP contribution in [0.25, 0.3) is 0 Å². The van der Waals surface area contributed by atoms with Gasteiger partial charge in [-0.15, -0.1) is 0 Å². The van der Waals surface area contributed by atoms with E-state index in [2.05, 4.69) is 0 Å². The van der Waals surface area contributed by atoms with Crippen molar-refractivity contribution in [3.8, 4) is 0 Å². The summed E-state index contributed by atoms with van der Waals surface area (Å²) in [6.45, 7) is 2.73. The zero-order valence-corrected chi connectivity index (χ0v) is 17.7. The van der Waals surface area contributed by atoms with E-state index in [9.17, 15) is 23.1 Å². The van der Waals surface area contributed by atoms with Gasteiger partial charge in [0.05, 0.1) is 29.0 Å². The summed E-state index contributed by atoms with van der Waals surface area (Å²) in [5.41, 5.74) is -1.06. The van der Waals surface area contributed by atoms with Gasteiger partial charge in [0, 0.05) is 0 Å². The normalized spacial score (nSPS) is 41.0. The van der Waals surface area contributed by atoms with Crippen LogP contribution in [0, 0.1) is 5.41 Å². The molecular weight excluding hydrogens is 357 g/mol. The van der Waals surface area contributed by atoms with Crippen molar-refractivity contribution in [3.63, 3.8) is 0 Å². The van der Waals surface area contributed by atoms with Crippen LogP contribution in [0.2, 0.25) is 0 Å². The monoisotopic (exact) mass is 379 g/mol. The first-order chi connectivity index (χ1) is 11.2. The molecular formula is C16H22NNaO6S. The van der Waals surface area contributed by atoms with Gasteiger partial charge in [0.2, 0.25) is 5.91 Å². The molecule has 0 aromatic heterocycles. The van der Waals surface area contributed by atoms with Crippen LogP contribution >= 0.6 is 0 Å². The Morgan fingerprint density at radius 1 is 1.24 bits per heavy atom. The summed E-state index contributed by atoms with van der Waals surface area (Å²) in [6.07, 6.45) is 5.29. The van der Waals surface area contributed by atoms with Gasteiger partial charge in [-0.3, -0.25) is 4.79 Å². The molecule has 4 atom stereocenters. The van der Waals surface area contributed by atoms with Gasteiger partial charge < -0.3 is 19.5 Å². The largest absolute Gasteiger partial charge is 1.00 e. The molecule has 2 heterocycles. The minimum atomic E-state index is -3.81. The minimum Gasteiger partial charge on any atom is -0.548 e. The van der Waals surface area contributed by atoms with Gasteiger partial charge in [0.15, 0.2) is 15.2 Å². The number of carbonyl (C=O) groups excluding carboxylic acids is 2. The molecule has 0 bridgehead atoms. The van der Waals surface area contributed by atoms with Crippen LogP contribution in [0.3, 0.4) is 0 Å². The molecule has 0 radical (unpaired) electrons. The molecule has 0 N–H and O–H groups in total. The summed E-state index contributed by atoms with van der Waals surface area (Å²) < 4.78 is 30.3. The van der Waals surface area contributed by atoms with Crippen molar-refractivity contribution in [2.75, 3.05) is 0 Å². The fourth-order valence-electron chi connectivity index (χ4n) is 4.82. The average molecular weight is 379 g/mol. The Morgan fingerprint density at radius 3 is 2.40 bits per heavy atom. The number of carboxylic acids is 1. The number of hydrogen-bond acceptors (Lipinski definition) is 6. The number of nitrogens with zero attached hydrogens (tertiary/aromatic N) is 1. The quantitative estimate of drug-likeness (QED) is 0.374. The zero-order valence-electron chi connectivity index (χ0n) is 14.9. The van der Waals surface area contributed by atoms with Crippen LogP contribution in [0.15, 0.2) is 0 Å². The van der Waals surface area contributed by atoms with Crippen molar-refractivity contribution < 1.29 is 57.4 Å². The molecule has 2 aliphatic heterocycles. The molecule has 4 fully saturated rings. The predicted molar refractivity (Wildman–Crippen MR) is 81.2 cm³/mol. The molecule has 2 saturated heterocycles. The molecule has 25 heavy (non-hydrogen) atoms. The number of aliphatic carboxylic acids is 1. The fraction of sp³-hybridized carbons (Fsp3) is 0.875. The van der Waals surface area contributed by atoms with Gasteiger partial charge in [-0.25, -0.2) is 8.42 Å². The molecule has 1 spiro atoms. The summed E-state index contributed by atoms with van der Waals surface area (Å²) in [7, 11) is -3.81. The van der Waals surface area contributed by atoms with Gasteiger partial charge in [-0.05, 0) is 33.1 Å². The van der Waals surface area contributed by atoms with Crippen molar-refractivity contribution in [1.29, 1.82) is 0 Å². The van der Waals surface area contributed by atoms with Gasteiger partial charge in [0.1, 0.15) is 5.41 Å². The van der Waals surface area contributed by atoms with Crippen molar-refractivity contribution in [3.05, 3.63) is 0 Å². The summed E-state index contributed by atoms with van der Waals surface area (Å²) in [6, 6.07) is -1.43. The number of fused-ring (bicyclic) bond motifs is 2. The number of amides is 1. The van der Waals surface area contributed by atoms with Gasteiger partial charge in [0.25, 0.3) is 0 Å². The van der Waals surface area contributed by atoms with Crippen LogP contribution in [0.4, 0.5) is 0 Å². The minimum absolute atomic E-state index is 0. The van der Waals surface area contributed by atoms with E-state index in [1.807, 2.05) is 0 Å². The molecule has 2 aliphatic carbocycles. The number of rotatable bonds is 3. The van der Waals surface area contributed by atoms with Crippen LogP contribution in [0.1, 0.15) is 52.4 Å². The SMILES string of the molecule is CC1(C)[C@H](C(=O)[O-])N2C(=O)[C@]3(CC3OC3CCCCC3)[C@H]2S1(=O)=O.[Na+]. The maximum Gasteiger partial charge on any atom is 1.00 e. The summed E-state index contributed by atoms with van der Waals surface area (Å²) in [5, 5.41) is 10.4. The number of hydrogen-bond donors (Lipinski definition) is 0.